The highest BCUT2D eigenvalue weighted by atomic mass is 16.1. The van der Waals surface area contributed by atoms with Gasteiger partial charge in [-0.1, -0.05) is 112 Å². The third-order valence-corrected chi connectivity index (χ3v) is 3.94. The first-order valence-corrected chi connectivity index (χ1v) is 10.4. The summed E-state index contributed by atoms with van der Waals surface area (Å²) in [6.07, 6.45) is 4.37. The highest BCUT2D eigenvalue weighted by Crippen LogP contribution is 2.21. The molecule has 0 aliphatic carbocycles. The second-order valence-electron chi connectivity index (χ2n) is 10.9. The largest absolute Gasteiger partial charge is 0.294 e. The van der Waals surface area contributed by atoms with Gasteiger partial charge in [0.2, 0.25) is 0 Å². The average molecular weight is 413 g/mol. The van der Waals surface area contributed by atoms with Gasteiger partial charge in [-0.3, -0.25) is 9.59 Å². The first-order valence-electron chi connectivity index (χ1n) is 10.4. The molecule has 0 bridgehead atoms. The summed E-state index contributed by atoms with van der Waals surface area (Å²) in [6, 6.07) is 8.60. The minimum Gasteiger partial charge on any atom is -0.294 e. The Labute approximate surface area is 186 Å². The molecule has 0 saturated carbocycles. The maximum absolute atomic E-state index is 11.1. The normalized spacial score (nSPS) is 11.1. The van der Waals surface area contributed by atoms with Crippen LogP contribution >= 0.6 is 0 Å². The molecule has 1 rings (SSSR count). The van der Waals surface area contributed by atoms with E-state index in [0.717, 1.165) is 6.42 Å². The van der Waals surface area contributed by atoms with Crippen molar-refractivity contribution in [2.45, 2.75) is 75.7 Å². The number of hydrogen-bond donors (Lipinski definition) is 0. The third kappa shape index (κ3) is 14.7. The quantitative estimate of drug-likeness (QED) is 0.471. The standard InChI is InChI=1S/C13H18.C8H14O.C7H12O/c1-5-11-6-8-12(9-7-11)10-13(2,3)4;1-6(2)7(9)8(3,4)5;1-5-6(8)7(2,3)4/h5-9H,1,10H2,2-4H3;1H2,2-5H3;5H,1H2,2-4H3. The second kappa shape index (κ2) is 12.5. The van der Waals surface area contributed by atoms with E-state index in [1.54, 1.807) is 6.92 Å². The van der Waals surface area contributed by atoms with Crippen molar-refractivity contribution in [1.82, 2.24) is 0 Å². The molecule has 0 atom stereocenters. The summed E-state index contributed by atoms with van der Waals surface area (Å²) in [5.41, 5.74) is 3.10. The lowest BCUT2D eigenvalue weighted by Gasteiger charge is -2.17. The van der Waals surface area contributed by atoms with Gasteiger partial charge in [0.1, 0.15) is 0 Å². The molecule has 1 aromatic rings. The van der Waals surface area contributed by atoms with Crippen molar-refractivity contribution < 1.29 is 9.59 Å². The van der Waals surface area contributed by atoms with Crippen molar-refractivity contribution in [2.24, 2.45) is 16.2 Å². The molecule has 0 saturated heterocycles. The number of ketones is 2. The Hall–Kier alpha value is -2.22. The molecule has 0 radical (unpaired) electrons. The Bertz CT molecular complexity index is 712. The molecule has 0 aliphatic rings. The van der Waals surface area contributed by atoms with Gasteiger partial charge < -0.3 is 0 Å². The molecular formula is C28H44O2. The first-order chi connectivity index (χ1) is 13.3. The number of carbonyl (C=O) groups is 2. The SMILES string of the molecule is C=C(C)C(=O)C(C)(C)C.C=CC(=O)C(C)(C)C.C=Cc1ccc(CC(C)(C)C)cc1. The van der Waals surface area contributed by atoms with Gasteiger partial charge in [-0.25, -0.2) is 0 Å². The van der Waals surface area contributed by atoms with Crippen molar-refractivity contribution >= 4 is 17.6 Å². The third-order valence-electron chi connectivity index (χ3n) is 3.94. The maximum Gasteiger partial charge on any atom is 0.163 e. The summed E-state index contributed by atoms with van der Waals surface area (Å²) in [7, 11) is 0. The molecule has 0 aliphatic heterocycles. The lowest BCUT2D eigenvalue weighted by Crippen LogP contribution is -2.20. The zero-order valence-electron chi connectivity index (χ0n) is 21.1. The highest BCUT2D eigenvalue weighted by molar-refractivity contribution is 5.98. The van der Waals surface area contributed by atoms with E-state index in [1.807, 2.05) is 47.6 Å². The lowest BCUT2D eigenvalue weighted by molar-refractivity contribution is -0.122. The van der Waals surface area contributed by atoms with E-state index in [2.05, 4.69) is 64.8 Å². The van der Waals surface area contributed by atoms with Crippen LogP contribution in [0.4, 0.5) is 0 Å². The molecule has 168 valence electrons. The Morgan fingerprint density at radius 3 is 1.43 bits per heavy atom. The van der Waals surface area contributed by atoms with Crippen LogP contribution in [0.15, 0.2) is 55.7 Å². The fourth-order valence-corrected chi connectivity index (χ4v) is 2.33. The molecule has 0 heterocycles. The van der Waals surface area contributed by atoms with Gasteiger partial charge >= 0.3 is 0 Å². The Balaban J connectivity index is 0. The number of allylic oxidation sites excluding steroid dienone is 2. The van der Waals surface area contributed by atoms with E-state index < -0.39 is 0 Å². The van der Waals surface area contributed by atoms with Gasteiger partial charge in [0, 0.05) is 10.8 Å². The van der Waals surface area contributed by atoms with Crippen LogP contribution in [0.5, 0.6) is 0 Å². The van der Waals surface area contributed by atoms with Crippen molar-refractivity contribution in [2.75, 3.05) is 0 Å². The van der Waals surface area contributed by atoms with Crippen LogP contribution in [0.3, 0.4) is 0 Å². The van der Waals surface area contributed by atoms with Crippen molar-refractivity contribution in [3.63, 3.8) is 0 Å². The summed E-state index contributed by atoms with van der Waals surface area (Å²) in [5, 5.41) is 0. The molecule has 0 fully saturated rings. The maximum atomic E-state index is 11.1. The highest BCUT2D eigenvalue weighted by Gasteiger charge is 2.20. The van der Waals surface area contributed by atoms with Crippen molar-refractivity contribution in [3.05, 3.63) is 66.8 Å². The van der Waals surface area contributed by atoms with Crippen LogP contribution in [0.1, 0.15) is 80.4 Å². The Morgan fingerprint density at radius 2 is 1.27 bits per heavy atom. The molecule has 2 nitrogen and oxygen atoms in total. The summed E-state index contributed by atoms with van der Waals surface area (Å²) in [5.74, 6) is 0.236. The Morgan fingerprint density at radius 1 is 0.833 bits per heavy atom. The van der Waals surface area contributed by atoms with Crippen LogP contribution in [0.2, 0.25) is 0 Å². The van der Waals surface area contributed by atoms with E-state index in [1.165, 1.54) is 17.2 Å². The predicted octanol–water partition coefficient (Wildman–Crippen LogP) is 7.88. The fraction of sp³-hybridized carbons (Fsp3) is 0.500. The number of hydrogen-bond acceptors (Lipinski definition) is 2. The summed E-state index contributed by atoms with van der Waals surface area (Å²) >= 11 is 0. The molecule has 1 aromatic carbocycles. The monoisotopic (exact) mass is 412 g/mol. The van der Waals surface area contributed by atoms with Crippen molar-refractivity contribution in [1.29, 1.82) is 0 Å². The molecule has 2 heteroatoms. The van der Waals surface area contributed by atoms with Crippen molar-refractivity contribution in [3.8, 4) is 0 Å². The number of benzene rings is 1. The summed E-state index contributed by atoms with van der Waals surface area (Å²) in [4.78, 5) is 21.8. The summed E-state index contributed by atoms with van der Waals surface area (Å²) in [6.45, 7) is 30.5. The van der Waals surface area contributed by atoms with Crippen LogP contribution in [0.25, 0.3) is 6.08 Å². The van der Waals surface area contributed by atoms with E-state index in [9.17, 15) is 9.59 Å². The van der Waals surface area contributed by atoms with Gasteiger partial charge in [-0.2, -0.15) is 0 Å². The van der Waals surface area contributed by atoms with Crippen LogP contribution < -0.4 is 0 Å². The minimum atomic E-state index is -0.258. The predicted molar refractivity (Wildman–Crippen MR) is 134 cm³/mol. The average Bonchev–Trinajstić information content (AvgIpc) is 2.59. The molecule has 30 heavy (non-hydrogen) atoms. The van der Waals surface area contributed by atoms with Crippen LogP contribution in [0, 0.1) is 16.2 Å². The molecule has 0 spiro atoms. The van der Waals surface area contributed by atoms with E-state index in [0.29, 0.717) is 11.0 Å². The van der Waals surface area contributed by atoms with Gasteiger partial charge in [0.15, 0.2) is 11.6 Å². The van der Waals surface area contributed by atoms with Gasteiger partial charge in [0.25, 0.3) is 0 Å². The number of carbonyl (C=O) groups excluding carboxylic acids is 2. The molecule has 0 amide bonds. The van der Waals surface area contributed by atoms with Crippen LogP contribution in [-0.2, 0) is 16.0 Å². The smallest absolute Gasteiger partial charge is 0.163 e. The van der Waals surface area contributed by atoms with E-state index in [4.69, 9.17) is 0 Å². The van der Waals surface area contributed by atoms with E-state index in [-0.39, 0.29) is 22.4 Å². The number of Topliss-reactive ketones (excluding diaryl/α,β-unsaturated/α-hetero) is 1. The Kier molecular flexibility index (Phi) is 12.5. The molecule has 0 unspecified atom stereocenters. The molecular weight excluding hydrogens is 368 g/mol. The van der Waals surface area contributed by atoms with Crippen LogP contribution in [-0.4, -0.2) is 11.6 Å². The molecule has 0 aromatic heterocycles. The minimum absolute atomic E-state index is 0.0949. The molecule has 0 N–H and O–H groups in total. The van der Waals surface area contributed by atoms with Gasteiger partial charge in [-0.05, 0) is 41.5 Å². The van der Waals surface area contributed by atoms with Gasteiger partial charge in [0.05, 0.1) is 0 Å². The number of rotatable bonds is 4. The van der Waals surface area contributed by atoms with Gasteiger partial charge in [-0.15, -0.1) is 0 Å². The summed E-state index contributed by atoms with van der Waals surface area (Å²) < 4.78 is 0. The first kappa shape index (κ1) is 30.0. The zero-order chi connectivity index (χ0) is 24.3. The fourth-order valence-electron chi connectivity index (χ4n) is 2.33. The lowest BCUT2D eigenvalue weighted by atomic mass is 9.87. The van der Waals surface area contributed by atoms with E-state index >= 15 is 0 Å². The zero-order valence-corrected chi connectivity index (χ0v) is 21.1. The topological polar surface area (TPSA) is 34.1 Å². The second-order valence-corrected chi connectivity index (χ2v) is 10.9.